The van der Waals surface area contributed by atoms with Gasteiger partial charge in [0.15, 0.2) is 8.32 Å². The average molecular weight is 258 g/mol. The zero-order valence-corrected chi connectivity index (χ0v) is 14.8. The van der Waals surface area contributed by atoms with E-state index in [0.29, 0.717) is 0 Å². The van der Waals surface area contributed by atoms with E-state index in [0.717, 1.165) is 16.6 Å². The van der Waals surface area contributed by atoms with Crippen LogP contribution in [0.1, 0.15) is 55.4 Å². The van der Waals surface area contributed by atoms with Crippen LogP contribution in [-0.4, -0.2) is 22.8 Å². The lowest BCUT2D eigenvalue weighted by Crippen LogP contribution is -2.51. The largest absolute Gasteiger partial charge is 0.545 e. The summed E-state index contributed by atoms with van der Waals surface area (Å²) >= 11 is -0.924. The molecule has 0 saturated heterocycles. The van der Waals surface area contributed by atoms with Gasteiger partial charge in [-0.15, -0.1) is 0 Å². The molecule has 0 aliphatic heterocycles. The summed E-state index contributed by atoms with van der Waals surface area (Å²) in [5, 5.41) is 2.58. The van der Waals surface area contributed by atoms with Gasteiger partial charge in [0, 0.05) is 0 Å². The Morgan fingerprint density at radius 1 is 0.812 bits per heavy atom. The highest BCUT2D eigenvalue weighted by atomic mass is 28.4. The van der Waals surface area contributed by atoms with Crippen LogP contribution in [0.3, 0.4) is 0 Å². The van der Waals surface area contributed by atoms with Crippen molar-refractivity contribution in [1.29, 1.82) is 0 Å². The van der Waals surface area contributed by atoms with Crippen LogP contribution in [0.5, 0.6) is 0 Å². The van der Waals surface area contributed by atoms with Crippen LogP contribution in [0.2, 0.25) is 27.2 Å². The van der Waals surface area contributed by atoms with Gasteiger partial charge in [0.05, 0.1) is 0 Å². The molecular weight excluding hydrogens is 227 g/mol. The second-order valence-corrected chi connectivity index (χ2v) is 14.9. The van der Waals surface area contributed by atoms with Gasteiger partial charge in [-0.05, 0) is 16.6 Å². The molecule has 0 N–H and O–H groups in total. The van der Waals surface area contributed by atoms with Gasteiger partial charge in [-0.1, -0.05) is 66.0 Å². The Balaban J connectivity index is 5.04. The summed E-state index contributed by atoms with van der Waals surface area (Å²) in [5.74, 6) is 0. The quantitative estimate of drug-likeness (QED) is 0.570. The number of hydrogen-bond acceptors (Lipinski definition) is 1. The van der Waals surface area contributed by atoms with E-state index in [1.165, 1.54) is 10.6 Å². The predicted octanol–water partition coefficient (Wildman–Crippen LogP) is 5.21. The van der Waals surface area contributed by atoms with Gasteiger partial charge in [0.2, 0.25) is 0 Å². The highest BCUT2D eigenvalue weighted by Crippen LogP contribution is 2.43. The molecule has 0 rings (SSSR count). The van der Waals surface area contributed by atoms with Gasteiger partial charge >= 0.3 is 14.5 Å². The van der Waals surface area contributed by atoms with Crippen LogP contribution in [0.25, 0.3) is 0 Å². The fourth-order valence-corrected chi connectivity index (χ4v) is 14.6. The van der Waals surface area contributed by atoms with Crippen molar-refractivity contribution in [1.82, 2.24) is 0 Å². The fourth-order valence-electron chi connectivity index (χ4n) is 3.15. The molecule has 0 heterocycles. The molecule has 0 atom stereocenters. The van der Waals surface area contributed by atoms with Crippen LogP contribution < -0.4 is 0 Å². The molecule has 16 heavy (non-hydrogen) atoms. The molecule has 0 aliphatic rings. The molecule has 0 bridgehead atoms. The molecule has 0 unspecified atom stereocenters. The first-order valence-corrected chi connectivity index (χ1v) is 11.2. The third kappa shape index (κ3) is 3.60. The van der Waals surface area contributed by atoms with Gasteiger partial charge in [0.1, 0.15) is 0 Å². The summed E-state index contributed by atoms with van der Waals surface area (Å²) in [5.41, 5.74) is 2.21. The summed E-state index contributed by atoms with van der Waals surface area (Å²) in [7, 11) is -1.57. The molecule has 0 aromatic carbocycles. The lowest BCUT2D eigenvalue weighted by molar-refractivity contribution is 0.485. The molecule has 0 spiro atoms. The van der Waals surface area contributed by atoms with E-state index in [2.05, 4.69) is 55.4 Å². The van der Waals surface area contributed by atoms with Gasteiger partial charge in [0.25, 0.3) is 0 Å². The van der Waals surface area contributed by atoms with Crippen molar-refractivity contribution < 1.29 is 3.48 Å². The average Bonchev–Trinajstić information content (AvgIpc) is 2.18. The van der Waals surface area contributed by atoms with E-state index in [1.54, 1.807) is 0 Å². The highest BCUT2D eigenvalue weighted by Gasteiger charge is 2.45. The first-order chi connectivity index (χ1) is 7.32. The van der Waals surface area contributed by atoms with E-state index < -0.39 is 22.8 Å². The Kier molecular flexibility index (Phi) is 7.53. The van der Waals surface area contributed by atoms with Crippen LogP contribution in [0.4, 0.5) is 0 Å². The van der Waals surface area contributed by atoms with E-state index in [4.69, 9.17) is 3.48 Å². The van der Waals surface area contributed by atoms with Crippen LogP contribution in [0, 0.1) is 0 Å². The summed E-state index contributed by atoms with van der Waals surface area (Å²) in [6, 6.07) is 0. The maximum Gasteiger partial charge on any atom is 0.449 e. The first kappa shape index (κ1) is 16.7. The van der Waals surface area contributed by atoms with E-state index in [-0.39, 0.29) is 0 Å². The van der Waals surface area contributed by atoms with Crippen LogP contribution >= 0.6 is 0 Å². The maximum absolute atomic E-state index is 6.80. The van der Waals surface area contributed by atoms with Crippen LogP contribution in [-0.2, 0) is 3.48 Å². The van der Waals surface area contributed by atoms with Crippen molar-refractivity contribution in [2.24, 2.45) is 0 Å². The van der Waals surface area contributed by atoms with E-state index in [9.17, 15) is 0 Å². The van der Waals surface area contributed by atoms with Gasteiger partial charge in [-0.25, -0.2) is 0 Å². The molecule has 0 saturated carbocycles. The standard InChI is InChI=1S/C9H21OSi.2C2H5.Al/c1-7(2)11(10,8(3)4)9(5)6;2*1-2;/h7-9H,1-6H3;2*1H2,2H3;/q-1;;;+1. The Morgan fingerprint density at radius 3 is 1.31 bits per heavy atom. The normalized spacial score (nSPS) is 12.9. The molecule has 0 aromatic heterocycles. The summed E-state index contributed by atoms with van der Waals surface area (Å²) in [6.45, 7) is 18.9. The minimum absolute atomic E-state index is 0.737. The van der Waals surface area contributed by atoms with Crippen molar-refractivity contribution >= 4 is 22.8 Å². The molecule has 0 fully saturated rings. The van der Waals surface area contributed by atoms with E-state index >= 15 is 0 Å². The maximum atomic E-state index is 6.80. The van der Waals surface area contributed by atoms with Gasteiger partial charge in [-0.2, -0.15) is 0 Å². The molecule has 0 radical (unpaired) electrons. The monoisotopic (exact) mass is 258 g/mol. The zero-order chi connectivity index (χ0) is 12.9. The second-order valence-electron chi connectivity index (χ2n) is 5.87. The minimum Gasteiger partial charge on any atom is -0.545 e. The van der Waals surface area contributed by atoms with Gasteiger partial charge < -0.3 is 3.48 Å². The highest BCUT2D eigenvalue weighted by molar-refractivity contribution is 6.83. The Hall–Kier alpha value is 0.709. The molecule has 1 nitrogen and oxygen atoms in total. The molecule has 96 valence electrons. The van der Waals surface area contributed by atoms with E-state index in [1.807, 2.05) is 0 Å². The Morgan fingerprint density at radius 2 is 1.12 bits per heavy atom. The fraction of sp³-hybridized carbons (Fsp3) is 1.00. The third-order valence-corrected chi connectivity index (χ3v) is 14.2. The summed E-state index contributed by atoms with van der Waals surface area (Å²) in [4.78, 5) is 0. The minimum atomic E-state index is -1.57. The molecule has 0 aliphatic carbocycles. The summed E-state index contributed by atoms with van der Waals surface area (Å²) < 4.78 is 6.80. The number of hydrogen-bond donors (Lipinski definition) is 0. The Labute approximate surface area is 109 Å². The predicted molar refractivity (Wildman–Crippen MR) is 78.8 cm³/mol. The first-order valence-electron chi connectivity index (χ1n) is 7.00. The topological polar surface area (TPSA) is 9.23 Å². The lowest BCUT2D eigenvalue weighted by atomic mass is 10.5. The van der Waals surface area contributed by atoms with Crippen molar-refractivity contribution in [3.8, 4) is 0 Å². The third-order valence-electron chi connectivity index (χ3n) is 3.99. The van der Waals surface area contributed by atoms with Crippen molar-refractivity contribution in [3.05, 3.63) is 0 Å². The SMILES string of the molecule is C[CH2][Al]([CH2]C)[O][Si](C(C)C)(C(C)C)C(C)C. The smallest absolute Gasteiger partial charge is 0.449 e. The molecule has 3 heteroatoms. The lowest BCUT2D eigenvalue weighted by Gasteiger charge is -2.45. The van der Waals surface area contributed by atoms with Crippen molar-refractivity contribution in [3.63, 3.8) is 0 Å². The van der Waals surface area contributed by atoms with Crippen molar-refractivity contribution in [2.75, 3.05) is 0 Å². The van der Waals surface area contributed by atoms with Gasteiger partial charge in [-0.3, -0.25) is 0 Å². The second kappa shape index (κ2) is 7.21. The molecule has 0 aromatic rings. The zero-order valence-electron chi connectivity index (χ0n) is 12.6. The molecular formula is C13H31AlOSi. The van der Waals surface area contributed by atoms with Crippen LogP contribution in [0.15, 0.2) is 0 Å². The Bertz CT molecular complexity index is 167. The number of rotatable bonds is 7. The summed E-state index contributed by atoms with van der Waals surface area (Å²) in [6.07, 6.45) is 0. The van der Waals surface area contributed by atoms with Crippen molar-refractivity contribution in [2.45, 2.75) is 82.6 Å². The molecule has 0 amide bonds.